The molecule has 1 aliphatic rings. The Morgan fingerprint density at radius 3 is 3.00 bits per heavy atom. The van der Waals surface area contributed by atoms with Crippen molar-refractivity contribution in [3.05, 3.63) is 59.4 Å². The summed E-state index contributed by atoms with van der Waals surface area (Å²) < 4.78 is 7.09. The normalized spacial score (nSPS) is 16.5. The van der Waals surface area contributed by atoms with E-state index < -0.39 is 0 Å². The second-order valence-electron chi connectivity index (χ2n) is 6.83. The van der Waals surface area contributed by atoms with Gasteiger partial charge >= 0.3 is 0 Å². The van der Waals surface area contributed by atoms with Crippen LogP contribution in [0.2, 0.25) is 0 Å². The van der Waals surface area contributed by atoms with Gasteiger partial charge in [-0.3, -0.25) is 4.79 Å². The van der Waals surface area contributed by atoms with E-state index in [-0.39, 0.29) is 17.9 Å². The number of amides is 1. The summed E-state index contributed by atoms with van der Waals surface area (Å²) in [5, 5.41) is 11.5. The smallest absolute Gasteiger partial charge is 0.273 e. The summed E-state index contributed by atoms with van der Waals surface area (Å²) in [5.41, 5.74) is 2.46. The van der Waals surface area contributed by atoms with Crippen LogP contribution >= 0.6 is 0 Å². The molecule has 1 amide bonds. The zero-order chi connectivity index (χ0) is 18.1. The summed E-state index contributed by atoms with van der Waals surface area (Å²) in [7, 11) is 0. The first-order chi connectivity index (χ1) is 12.6. The van der Waals surface area contributed by atoms with Crippen molar-refractivity contribution >= 4 is 5.91 Å². The van der Waals surface area contributed by atoms with E-state index in [1.54, 1.807) is 12.3 Å². The highest BCUT2D eigenvalue weighted by molar-refractivity contribution is 5.92. The van der Waals surface area contributed by atoms with Gasteiger partial charge in [0.1, 0.15) is 5.76 Å². The topological polar surface area (TPSA) is 85.8 Å². The Kier molecular flexibility index (Phi) is 4.28. The molecule has 0 bridgehead atoms. The Balaban J connectivity index is 1.56. The summed E-state index contributed by atoms with van der Waals surface area (Å²) in [5.74, 6) is 1.48. The lowest BCUT2D eigenvalue weighted by molar-refractivity contribution is 0.0923. The van der Waals surface area contributed by atoms with Crippen LogP contribution in [0.3, 0.4) is 0 Å². The second kappa shape index (κ2) is 6.74. The molecule has 3 aromatic heterocycles. The Labute approximate surface area is 151 Å². The summed E-state index contributed by atoms with van der Waals surface area (Å²) in [6, 6.07) is 7.38. The number of hydrogen-bond acceptors (Lipinski definition) is 5. The van der Waals surface area contributed by atoms with Crippen LogP contribution < -0.4 is 5.32 Å². The van der Waals surface area contributed by atoms with Gasteiger partial charge in [0.25, 0.3) is 5.91 Å². The maximum atomic E-state index is 12.6. The minimum absolute atomic E-state index is 0.0806. The maximum absolute atomic E-state index is 12.6. The van der Waals surface area contributed by atoms with Crippen LogP contribution in [0.1, 0.15) is 66.2 Å². The predicted molar refractivity (Wildman–Crippen MR) is 95.1 cm³/mol. The fourth-order valence-electron chi connectivity index (χ4n) is 3.28. The van der Waals surface area contributed by atoms with Gasteiger partial charge in [0, 0.05) is 23.7 Å². The molecule has 0 saturated heterocycles. The molecule has 7 heteroatoms. The largest absolute Gasteiger partial charge is 0.360 e. The Morgan fingerprint density at radius 1 is 1.38 bits per heavy atom. The highest BCUT2D eigenvalue weighted by Gasteiger charge is 2.27. The first-order valence-electron chi connectivity index (χ1n) is 8.89. The molecule has 1 aliphatic carbocycles. The highest BCUT2D eigenvalue weighted by Crippen LogP contribution is 2.31. The minimum Gasteiger partial charge on any atom is -0.360 e. The van der Waals surface area contributed by atoms with Gasteiger partial charge < -0.3 is 9.84 Å². The third-order valence-corrected chi connectivity index (χ3v) is 4.68. The molecule has 1 N–H and O–H groups in total. The molecule has 134 valence electrons. The lowest BCUT2D eigenvalue weighted by Gasteiger charge is -2.23. The molecule has 0 aromatic carbocycles. The SMILES string of the molecule is CC(C)c1cc(C(=O)NC2CCCc3c2cnn3-c2ccccn2)no1. The zero-order valence-electron chi connectivity index (χ0n) is 14.8. The van der Waals surface area contributed by atoms with Crippen molar-refractivity contribution in [2.24, 2.45) is 0 Å². The standard InChI is InChI=1S/C19H21N5O2/c1-12(2)17-10-15(23-26-17)19(25)22-14-6-5-7-16-13(14)11-21-24(16)18-8-3-4-9-20-18/h3-4,8-12,14H,5-7H2,1-2H3,(H,22,25). The Hall–Kier alpha value is -2.96. The molecule has 0 aliphatic heterocycles. The Bertz CT molecular complexity index is 913. The van der Waals surface area contributed by atoms with Gasteiger partial charge in [-0.1, -0.05) is 25.1 Å². The van der Waals surface area contributed by atoms with Crippen molar-refractivity contribution in [1.29, 1.82) is 0 Å². The van der Waals surface area contributed by atoms with Crippen molar-refractivity contribution < 1.29 is 9.32 Å². The molecule has 0 fully saturated rings. The molecule has 0 spiro atoms. The average molecular weight is 351 g/mol. The maximum Gasteiger partial charge on any atom is 0.273 e. The predicted octanol–water partition coefficient (Wildman–Crippen LogP) is 3.19. The molecule has 1 atom stereocenters. The molecular formula is C19H21N5O2. The van der Waals surface area contributed by atoms with E-state index in [1.165, 1.54) is 0 Å². The molecule has 7 nitrogen and oxygen atoms in total. The number of aromatic nitrogens is 4. The molecule has 3 heterocycles. The van der Waals surface area contributed by atoms with Gasteiger partial charge in [0.05, 0.1) is 17.9 Å². The molecule has 4 rings (SSSR count). The molecule has 3 aromatic rings. The van der Waals surface area contributed by atoms with E-state index in [4.69, 9.17) is 4.52 Å². The summed E-state index contributed by atoms with van der Waals surface area (Å²) in [4.78, 5) is 16.9. The third kappa shape index (κ3) is 3.00. The van der Waals surface area contributed by atoms with Crippen LogP contribution in [0.4, 0.5) is 0 Å². The summed E-state index contributed by atoms with van der Waals surface area (Å²) in [6.07, 6.45) is 6.35. The number of fused-ring (bicyclic) bond motifs is 1. The molecule has 26 heavy (non-hydrogen) atoms. The first kappa shape index (κ1) is 16.5. The first-order valence-corrected chi connectivity index (χ1v) is 8.89. The molecule has 0 radical (unpaired) electrons. The van der Waals surface area contributed by atoms with E-state index in [1.807, 2.05) is 42.9 Å². The van der Waals surface area contributed by atoms with Crippen LogP contribution in [0, 0.1) is 0 Å². The minimum atomic E-state index is -0.218. The lowest BCUT2D eigenvalue weighted by atomic mass is 9.93. The zero-order valence-corrected chi connectivity index (χ0v) is 14.8. The fraction of sp³-hybridized carbons (Fsp3) is 0.368. The monoisotopic (exact) mass is 351 g/mol. The number of rotatable bonds is 4. The quantitative estimate of drug-likeness (QED) is 0.780. The van der Waals surface area contributed by atoms with E-state index in [0.29, 0.717) is 11.5 Å². The fourth-order valence-corrected chi connectivity index (χ4v) is 3.28. The van der Waals surface area contributed by atoms with Crippen molar-refractivity contribution in [3.8, 4) is 5.82 Å². The number of nitrogens with zero attached hydrogens (tertiary/aromatic N) is 4. The lowest BCUT2D eigenvalue weighted by Crippen LogP contribution is -2.31. The van der Waals surface area contributed by atoms with E-state index in [2.05, 4.69) is 20.6 Å². The number of hydrogen-bond donors (Lipinski definition) is 1. The number of nitrogens with one attached hydrogen (secondary N) is 1. The number of carbonyl (C=O) groups excluding carboxylic acids is 1. The van der Waals surface area contributed by atoms with Crippen molar-refractivity contribution in [3.63, 3.8) is 0 Å². The molecule has 1 unspecified atom stereocenters. The van der Waals surface area contributed by atoms with Crippen LogP contribution in [0.25, 0.3) is 5.82 Å². The van der Waals surface area contributed by atoms with Crippen LogP contribution in [0.5, 0.6) is 0 Å². The summed E-state index contributed by atoms with van der Waals surface area (Å²) >= 11 is 0. The van der Waals surface area contributed by atoms with Crippen molar-refractivity contribution in [2.45, 2.75) is 45.1 Å². The van der Waals surface area contributed by atoms with Gasteiger partial charge in [-0.05, 0) is 31.4 Å². The number of pyridine rings is 1. The van der Waals surface area contributed by atoms with Crippen molar-refractivity contribution in [1.82, 2.24) is 25.2 Å². The van der Waals surface area contributed by atoms with Crippen LogP contribution in [-0.2, 0) is 6.42 Å². The second-order valence-corrected chi connectivity index (χ2v) is 6.83. The Morgan fingerprint density at radius 2 is 2.27 bits per heavy atom. The van der Waals surface area contributed by atoms with Gasteiger partial charge in [0.2, 0.25) is 0 Å². The van der Waals surface area contributed by atoms with E-state index >= 15 is 0 Å². The number of carbonyl (C=O) groups is 1. The van der Waals surface area contributed by atoms with E-state index in [9.17, 15) is 4.79 Å². The molecule has 0 saturated carbocycles. The van der Waals surface area contributed by atoms with Crippen LogP contribution in [-0.4, -0.2) is 25.8 Å². The van der Waals surface area contributed by atoms with E-state index in [0.717, 1.165) is 36.3 Å². The van der Waals surface area contributed by atoms with Gasteiger partial charge in [-0.25, -0.2) is 9.67 Å². The van der Waals surface area contributed by atoms with Gasteiger partial charge in [0.15, 0.2) is 11.5 Å². The third-order valence-electron chi connectivity index (χ3n) is 4.68. The highest BCUT2D eigenvalue weighted by atomic mass is 16.5. The average Bonchev–Trinajstić information content (AvgIpc) is 3.30. The van der Waals surface area contributed by atoms with Gasteiger partial charge in [-0.15, -0.1) is 0 Å². The van der Waals surface area contributed by atoms with Gasteiger partial charge in [-0.2, -0.15) is 5.10 Å². The summed E-state index contributed by atoms with van der Waals surface area (Å²) in [6.45, 7) is 4.00. The van der Waals surface area contributed by atoms with Crippen molar-refractivity contribution in [2.75, 3.05) is 0 Å². The van der Waals surface area contributed by atoms with Crippen LogP contribution in [0.15, 0.2) is 41.2 Å². The molecular weight excluding hydrogens is 330 g/mol.